The molecule has 3 heteroatoms. The quantitative estimate of drug-likeness (QED) is 0.792. The SMILES string of the molecule is CC(C)(C)c1csc([C@@H]2CCCCN2)n1. The van der Waals surface area contributed by atoms with Crippen molar-refractivity contribution in [3.63, 3.8) is 0 Å². The van der Waals surface area contributed by atoms with Gasteiger partial charge in [-0.15, -0.1) is 11.3 Å². The molecule has 0 bridgehead atoms. The summed E-state index contributed by atoms with van der Waals surface area (Å²) in [6.07, 6.45) is 3.90. The zero-order valence-electron chi connectivity index (χ0n) is 9.84. The fourth-order valence-electron chi connectivity index (χ4n) is 1.85. The molecule has 1 aromatic heterocycles. The first-order valence-corrected chi connectivity index (χ1v) is 6.64. The van der Waals surface area contributed by atoms with E-state index in [1.54, 1.807) is 0 Å². The Morgan fingerprint density at radius 2 is 2.20 bits per heavy atom. The van der Waals surface area contributed by atoms with Crippen LogP contribution >= 0.6 is 11.3 Å². The van der Waals surface area contributed by atoms with E-state index >= 15 is 0 Å². The van der Waals surface area contributed by atoms with E-state index in [0.29, 0.717) is 6.04 Å². The van der Waals surface area contributed by atoms with E-state index in [-0.39, 0.29) is 5.41 Å². The van der Waals surface area contributed by atoms with E-state index in [2.05, 4.69) is 31.5 Å². The van der Waals surface area contributed by atoms with Gasteiger partial charge in [-0.3, -0.25) is 0 Å². The number of hydrogen-bond acceptors (Lipinski definition) is 3. The maximum atomic E-state index is 4.76. The van der Waals surface area contributed by atoms with Crippen LogP contribution in [-0.2, 0) is 5.41 Å². The van der Waals surface area contributed by atoms with Crippen molar-refractivity contribution in [2.24, 2.45) is 0 Å². The van der Waals surface area contributed by atoms with Crippen LogP contribution in [0.3, 0.4) is 0 Å². The third kappa shape index (κ3) is 2.58. The Hall–Kier alpha value is -0.410. The summed E-state index contributed by atoms with van der Waals surface area (Å²) in [7, 11) is 0. The van der Waals surface area contributed by atoms with Gasteiger partial charge in [0.25, 0.3) is 0 Å². The summed E-state index contributed by atoms with van der Waals surface area (Å²) < 4.78 is 0. The van der Waals surface area contributed by atoms with Gasteiger partial charge in [0.15, 0.2) is 0 Å². The Kier molecular flexibility index (Phi) is 3.12. The number of nitrogens with zero attached hydrogens (tertiary/aromatic N) is 1. The van der Waals surface area contributed by atoms with Crippen molar-refractivity contribution < 1.29 is 0 Å². The van der Waals surface area contributed by atoms with Gasteiger partial charge in [0.05, 0.1) is 11.7 Å². The van der Waals surface area contributed by atoms with E-state index in [9.17, 15) is 0 Å². The molecular formula is C12H20N2S. The summed E-state index contributed by atoms with van der Waals surface area (Å²) in [6.45, 7) is 7.81. The van der Waals surface area contributed by atoms with Crippen molar-refractivity contribution in [2.45, 2.75) is 51.5 Å². The van der Waals surface area contributed by atoms with Crippen LogP contribution in [-0.4, -0.2) is 11.5 Å². The molecule has 0 unspecified atom stereocenters. The molecule has 1 fully saturated rings. The minimum Gasteiger partial charge on any atom is -0.308 e. The fourth-order valence-corrected chi connectivity index (χ4v) is 3.01. The molecule has 1 N–H and O–H groups in total. The summed E-state index contributed by atoms with van der Waals surface area (Å²) in [6, 6.07) is 0.514. The summed E-state index contributed by atoms with van der Waals surface area (Å²) in [5.74, 6) is 0. The second-order valence-electron chi connectivity index (χ2n) is 5.32. The van der Waals surface area contributed by atoms with Crippen molar-refractivity contribution in [1.29, 1.82) is 0 Å². The molecular weight excluding hydrogens is 204 g/mol. The second kappa shape index (κ2) is 4.22. The molecule has 15 heavy (non-hydrogen) atoms. The van der Waals surface area contributed by atoms with Crippen molar-refractivity contribution >= 4 is 11.3 Å². The zero-order valence-corrected chi connectivity index (χ0v) is 10.7. The molecule has 0 spiro atoms. The van der Waals surface area contributed by atoms with Gasteiger partial charge >= 0.3 is 0 Å². The first kappa shape index (κ1) is 11.1. The standard InChI is InChI=1S/C12H20N2S/c1-12(2,3)10-8-15-11(14-10)9-6-4-5-7-13-9/h8-9,13H,4-7H2,1-3H3/t9-/m0/s1. The number of hydrogen-bond donors (Lipinski definition) is 1. The van der Waals surface area contributed by atoms with Gasteiger partial charge in [-0.1, -0.05) is 27.2 Å². The largest absolute Gasteiger partial charge is 0.308 e. The fraction of sp³-hybridized carbons (Fsp3) is 0.750. The molecule has 1 aromatic rings. The van der Waals surface area contributed by atoms with E-state index in [1.165, 1.54) is 30.0 Å². The molecule has 1 aliphatic rings. The summed E-state index contributed by atoms with van der Waals surface area (Å²) in [5.41, 5.74) is 1.42. The average Bonchev–Trinajstić information content (AvgIpc) is 2.67. The highest BCUT2D eigenvalue weighted by Crippen LogP contribution is 2.30. The van der Waals surface area contributed by atoms with Gasteiger partial charge in [-0.05, 0) is 19.4 Å². The molecule has 2 rings (SSSR count). The monoisotopic (exact) mass is 224 g/mol. The van der Waals surface area contributed by atoms with Gasteiger partial charge in [0, 0.05) is 10.8 Å². The third-order valence-corrected chi connectivity index (χ3v) is 3.86. The lowest BCUT2D eigenvalue weighted by Gasteiger charge is -2.21. The van der Waals surface area contributed by atoms with Crippen molar-refractivity contribution in [2.75, 3.05) is 6.54 Å². The lowest BCUT2D eigenvalue weighted by Crippen LogP contribution is -2.26. The highest BCUT2D eigenvalue weighted by atomic mass is 32.1. The molecule has 1 saturated heterocycles. The predicted octanol–water partition coefficient (Wildman–Crippen LogP) is 3.26. The Balaban J connectivity index is 2.12. The minimum absolute atomic E-state index is 0.184. The molecule has 0 aliphatic carbocycles. The van der Waals surface area contributed by atoms with Crippen LogP contribution in [0.1, 0.15) is 56.8 Å². The van der Waals surface area contributed by atoms with Crippen molar-refractivity contribution in [3.05, 3.63) is 16.1 Å². The van der Waals surface area contributed by atoms with Crippen LogP contribution in [0.2, 0.25) is 0 Å². The normalized spacial score (nSPS) is 23.0. The number of nitrogens with one attached hydrogen (secondary N) is 1. The molecule has 0 radical (unpaired) electrons. The lowest BCUT2D eigenvalue weighted by molar-refractivity contribution is 0.409. The molecule has 2 heterocycles. The van der Waals surface area contributed by atoms with Crippen LogP contribution in [0.5, 0.6) is 0 Å². The predicted molar refractivity (Wildman–Crippen MR) is 65.4 cm³/mol. The summed E-state index contributed by atoms with van der Waals surface area (Å²) in [4.78, 5) is 4.76. The zero-order chi connectivity index (χ0) is 10.9. The lowest BCUT2D eigenvalue weighted by atomic mass is 9.93. The van der Waals surface area contributed by atoms with E-state index in [4.69, 9.17) is 4.98 Å². The minimum atomic E-state index is 0.184. The van der Waals surface area contributed by atoms with E-state index in [1.807, 2.05) is 11.3 Å². The molecule has 0 saturated carbocycles. The number of thiazole rings is 1. The third-order valence-electron chi connectivity index (χ3n) is 2.90. The molecule has 84 valence electrons. The van der Waals surface area contributed by atoms with Gasteiger partial charge in [-0.2, -0.15) is 0 Å². The Morgan fingerprint density at radius 3 is 2.73 bits per heavy atom. The Morgan fingerprint density at radius 1 is 1.40 bits per heavy atom. The number of piperidine rings is 1. The average molecular weight is 224 g/mol. The molecule has 1 aliphatic heterocycles. The molecule has 1 atom stereocenters. The first-order valence-electron chi connectivity index (χ1n) is 5.76. The Labute approximate surface area is 96.1 Å². The molecule has 2 nitrogen and oxygen atoms in total. The van der Waals surface area contributed by atoms with E-state index < -0.39 is 0 Å². The molecule has 0 aromatic carbocycles. The summed E-state index contributed by atoms with van der Waals surface area (Å²) in [5, 5.41) is 7.04. The van der Waals surface area contributed by atoms with Crippen molar-refractivity contribution in [3.8, 4) is 0 Å². The van der Waals surface area contributed by atoms with Crippen LogP contribution in [0, 0.1) is 0 Å². The maximum absolute atomic E-state index is 4.76. The Bertz CT molecular complexity index is 319. The van der Waals surface area contributed by atoms with Gasteiger partial charge < -0.3 is 5.32 Å². The first-order chi connectivity index (χ1) is 7.07. The van der Waals surface area contributed by atoms with Gasteiger partial charge in [0.1, 0.15) is 5.01 Å². The maximum Gasteiger partial charge on any atom is 0.110 e. The van der Waals surface area contributed by atoms with E-state index in [0.717, 1.165) is 6.54 Å². The van der Waals surface area contributed by atoms with Gasteiger partial charge in [0.2, 0.25) is 0 Å². The van der Waals surface area contributed by atoms with Crippen LogP contribution < -0.4 is 5.32 Å². The van der Waals surface area contributed by atoms with Crippen molar-refractivity contribution in [1.82, 2.24) is 10.3 Å². The topological polar surface area (TPSA) is 24.9 Å². The highest BCUT2D eigenvalue weighted by Gasteiger charge is 2.22. The smallest absolute Gasteiger partial charge is 0.110 e. The number of aromatic nitrogens is 1. The second-order valence-corrected chi connectivity index (χ2v) is 6.21. The highest BCUT2D eigenvalue weighted by molar-refractivity contribution is 7.09. The van der Waals surface area contributed by atoms with Crippen LogP contribution in [0.4, 0.5) is 0 Å². The molecule has 0 amide bonds. The number of rotatable bonds is 1. The van der Waals surface area contributed by atoms with Crippen LogP contribution in [0.15, 0.2) is 5.38 Å². The van der Waals surface area contributed by atoms with Gasteiger partial charge in [-0.25, -0.2) is 4.98 Å². The van der Waals surface area contributed by atoms with Crippen LogP contribution in [0.25, 0.3) is 0 Å². The summed E-state index contributed by atoms with van der Waals surface area (Å²) >= 11 is 1.81.